The molecule has 3 N–H and O–H groups in total. The van der Waals surface area contributed by atoms with Crippen molar-refractivity contribution >= 4 is 5.97 Å². The molecule has 5 heteroatoms. The highest BCUT2D eigenvalue weighted by atomic mass is 16.5. The summed E-state index contributed by atoms with van der Waals surface area (Å²) in [6, 6.07) is 0. The van der Waals surface area contributed by atoms with E-state index in [1.807, 2.05) is 19.1 Å². The highest BCUT2D eigenvalue weighted by Crippen LogP contribution is 2.45. The van der Waals surface area contributed by atoms with Crippen LogP contribution in [-0.2, 0) is 9.53 Å². The van der Waals surface area contributed by atoms with Crippen LogP contribution >= 0.6 is 0 Å². The van der Waals surface area contributed by atoms with E-state index in [1.165, 1.54) is 5.57 Å². The van der Waals surface area contributed by atoms with E-state index in [9.17, 15) is 15.0 Å². The summed E-state index contributed by atoms with van der Waals surface area (Å²) in [5.74, 6) is -0.438. The number of fused-ring (bicyclic) bond motifs is 1. The lowest BCUT2D eigenvalue weighted by Gasteiger charge is -2.22. The number of carboxylic acids is 1. The summed E-state index contributed by atoms with van der Waals surface area (Å²) in [6.07, 6.45) is 11.5. The van der Waals surface area contributed by atoms with Gasteiger partial charge in [0.1, 0.15) is 0 Å². The number of hydrogen-bond acceptors (Lipinski definition) is 4. The molecule has 1 heterocycles. The number of carbonyl (C=O) groups is 1. The highest BCUT2D eigenvalue weighted by molar-refractivity contribution is 5.66. The summed E-state index contributed by atoms with van der Waals surface area (Å²) in [6.45, 7) is 5.92. The second-order valence-electron chi connectivity index (χ2n) is 8.75. The average Bonchev–Trinajstić information content (AvgIpc) is 3.05. The minimum atomic E-state index is -0.876. The maximum absolute atomic E-state index is 10.6. The number of aliphatic hydroxyl groups excluding tert-OH is 1. The number of hydrogen-bond donors (Lipinski definition) is 3. The van der Waals surface area contributed by atoms with E-state index in [1.54, 1.807) is 0 Å². The Labute approximate surface area is 163 Å². The topological polar surface area (TPSA) is 87.0 Å². The normalized spacial score (nSPS) is 32.4. The number of ether oxygens (including phenoxy) is 1. The molecule has 0 spiro atoms. The molecule has 2 fully saturated rings. The van der Waals surface area contributed by atoms with Crippen LogP contribution in [0.2, 0.25) is 0 Å². The maximum atomic E-state index is 10.6. The lowest BCUT2D eigenvalue weighted by Crippen LogP contribution is -2.23. The van der Waals surface area contributed by atoms with Crippen LogP contribution in [0.25, 0.3) is 0 Å². The molecule has 0 amide bonds. The number of aliphatic carboxylic acids is 1. The third kappa shape index (κ3) is 7.05. The van der Waals surface area contributed by atoms with Gasteiger partial charge in [-0.25, -0.2) is 0 Å². The van der Waals surface area contributed by atoms with Crippen molar-refractivity contribution in [2.45, 2.75) is 96.1 Å². The molecule has 0 bridgehead atoms. The zero-order chi connectivity index (χ0) is 20.0. The minimum absolute atomic E-state index is 0.0222. The highest BCUT2D eigenvalue weighted by Gasteiger charge is 2.47. The molecule has 6 atom stereocenters. The van der Waals surface area contributed by atoms with Gasteiger partial charge < -0.3 is 20.1 Å². The molecule has 2 rings (SSSR count). The molecule has 0 aromatic rings. The summed E-state index contributed by atoms with van der Waals surface area (Å²) in [7, 11) is 0. The average molecular weight is 381 g/mol. The molecule has 27 heavy (non-hydrogen) atoms. The predicted molar refractivity (Wildman–Crippen MR) is 105 cm³/mol. The van der Waals surface area contributed by atoms with Gasteiger partial charge in [-0.1, -0.05) is 30.2 Å². The van der Waals surface area contributed by atoms with E-state index in [-0.39, 0.29) is 30.5 Å². The van der Waals surface area contributed by atoms with E-state index in [0.717, 1.165) is 25.7 Å². The van der Waals surface area contributed by atoms with Gasteiger partial charge >= 0.3 is 5.97 Å². The van der Waals surface area contributed by atoms with Crippen LogP contribution in [0.5, 0.6) is 0 Å². The van der Waals surface area contributed by atoms with Crippen molar-refractivity contribution < 1.29 is 24.9 Å². The molecule has 0 aromatic carbocycles. The molecule has 154 valence electrons. The van der Waals surface area contributed by atoms with E-state index in [0.29, 0.717) is 19.3 Å². The van der Waals surface area contributed by atoms with Gasteiger partial charge in [0.2, 0.25) is 0 Å². The Bertz CT molecular complexity index is 547. The standard InChI is InChI=1S/C22H36O5/c1-15(2)7-6-11-22(3,26)12-10-17-18-13-16(8-4-5-9-21(24)25)27-20(18)14-19(17)23/h7,10,12,16-20,23,26H,4-6,8-9,11,13-14H2,1-3H3,(H,24,25)/t16-,17?,18-,19-,20+,22?/m1/s1. The first-order valence-corrected chi connectivity index (χ1v) is 10.3. The van der Waals surface area contributed by atoms with E-state index >= 15 is 0 Å². The zero-order valence-corrected chi connectivity index (χ0v) is 16.9. The fourth-order valence-electron chi connectivity index (χ4n) is 4.33. The van der Waals surface area contributed by atoms with Gasteiger partial charge in [0.15, 0.2) is 0 Å². The zero-order valence-electron chi connectivity index (χ0n) is 16.9. The smallest absolute Gasteiger partial charge is 0.303 e. The molecule has 1 saturated heterocycles. The third-order valence-corrected chi connectivity index (χ3v) is 5.84. The molecule has 5 nitrogen and oxygen atoms in total. The van der Waals surface area contributed by atoms with Crippen LogP contribution in [0.3, 0.4) is 0 Å². The third-order valence-electron chi connectivity index (χ3n) is 5.84. The fraction of sp³-hybridized carbons (Fsp3) is 0.773. The predicted octanol–water partition coefficient (Wildman–Crippen LogP) is 3.84. The van der Waals surface area contributed by atoms with Crippen LogP contribution in [-0.4, -0.2) is 45.2 Å². The van der Waals surface area contributed by atoms with Crippen molar-refractivity contribution in [2.75, 3.05) is 0 Å². The quantitative estimate of drug-likeness (QED) is 0.396. The monoisotopic (exact) mass is 380 g/mol. The van der Waals surface area contributed by atoms with Gasteiger partial charge in [0.05, 0.1) is 23.9 Å². The van der Waals surface area contributed by atoms with Crippen molar-refractivity contribution in [2.24, 2.45) is 11.8 Å². The van der Waals surface area contributed by atoms with Crippen molar-refractivity contribution in [1.82, 2.24) is 0 Å². The van der Waals surface area contributed by atoms with E-state index in [2.05, 4.69) is 19.9 Å². The minimum Gasteiger partial charge on any atom is -0.481 e. The Morgan fingerprint density at radius 3 is 2.67 bits per heavy atom. The lowest BCUT2D eigenvalue weighted by molar-refractivity contribution is -0.137. The van der Waals surface area contributed by atoms with Crippen LogP contribution in [0.15, 0.2) is 23.8 Å². The molecule has 0 aromatic heterocycles. The summed E-state index contributed by atoms with van der Waals surface area (Å²) in [4.78, 5) is 10.6. The second-order valence-corrected chi connectivity index (χ2v) is 8.75. The molecular formula is C22H36O5. The number of unbranched alkanes of at least 4 members (excludes halogenated alkanes) is 1. The van der Waals surface area contributed by atoms with Gasteiger partial charge in [-0.05, 0) is 58.8 Å². The number of allylic oxidation sites excluding steroid dienone is 2. The van der Waals surface area contributed by atoms with Crippen molar-refractivity contribution in [3.8, 4) is 0 Å². The summed E-state index contributed by atoms with van der Waals surface area (Å²) < 4.78 is 6.10. The fourth-order valence-corrected chi connectivity index (χ4v) is 4.33. The second kappa shape index (κ2) is 9.85. The summed E-state index contributed by atoms with van der Waals surface area (Å²) in [5.41, 5.74) is 0.376. The van der Waals surface area contributed by atoms with Gasteiger partial charge in [-0.2, -0.15) is 0 Å². The van der Waals surface area contributed by atoms with Crippen LogP contribution < -0.4 is 0 Å². The van der Waals surface area contributed by atoms with Gasteiger partial charge in [-0.3, -0.25) is 4.79 Å². The van der Waals surface area contributed by atoms with Crippen molar-refractivity contribution in [3.63, 3.8) is 0 Å². The SMILES string of the molecule is CC(C)=CCCC(C)(O)C=CC1[C@H](O)C[C@@H]2O[C@H](CCCCC(=O)O)C[C@H]12. The molecular weight excluding hydrogens is 344 g/mol. The molecule has 1 aliphatic heterocycles. The number of aliphatic hydroxyl groups is 2. The Morgan fingerprint density at radius 1 is 1.26 bits per heavy atom. The van der Waals surface area contributed by atoms with Crippen molar-refractivity contribution in [3.05, 3.63) is 23.8 Å². The lowest BCUT2D eigenvalue weighted by atomic mass is 9.87. The Balaban J connectivity index is 1.84. The first-order chi connectivity index (χ1) is 12.7. The van der Waals surface area contributed by atoms with E-state index < -0.39 is 17.7 Å². The molecule has 1 aliphatic carbocycles. The van der Waals surface area contributed by atoms with Crippen molar-refractivity contribution in [1.29, 1.82) is 0 Å². The van der Waals surface area contributed by atoms with E-state index in [4.69, 9.17) is 9.84 Å². The molecule has 0 radical (unpaired) electrons. The maximum Gasteiger partial charge on any atom is 0.303 e. The summed E-state index contributed by atoms with van der Waals surface area (Å²) >= 11 is 0. The first kappa shape index (κ1) is 22.1. The largest absolute Gasteiger partial charge is 0.481 e. The van der Waals surface area contributed by atoms with Gasteiger partial charge in [-0.15, -0.1) is 0 Å². The molecule has 2 aliphatic rings. The summed E-state index contributed by atoms with van der Waals surface area (Å²) in [5, 5.41) is 29.7. The van der Waals surface area contributed by atoms with Crippen LogP contribution in [0, 0.1) is 11.8 Å². The van der Waals surface area contributed by atoms with Gasteiger partial charge in [0, 0.05) is 18.8 Å². The molecule has 2 unspecified atom stereocenters. The Kier molecular flexibility index (Phi) is 8.07. The Hall–Kier alpha value is -1.17. The van der Waals surface area contributed by atoms with Gasteiger partial charge in [0.25, 0.3) is 0 Å². The number of rotatable bonds is 10. The van der Waals surface area contributed by atoms with Crippen LogP contribution in [0.1, 0.15) is 72.1 Å². The molecule has 1 saturated carbocycles. The first-order valence-electron chi connectivity index (χ1n) is 10.3. The van der Waals surface area contributed by atoms with Crippen LogP contribution in [0.4, 0.5) is 0 Å². The Morgan fingerprint density at radius 2 is 2.00 bits per heavy atom. The number of carboxylic acid groups (broad SMARTS) is 1.